The largest absolute Gasteiger partial charge is 0.384 e. The Morgan fingerprint density at radius 1 is 1.32 bits per heavy atom. The van der Waals surface area contributed by atoms with E-state index >= 15 is 0 Å². The zero-order chi connectivity index (χ0) is 13.3. The standard InChI is InChI=1S/C15H18N2OS/c1-11-17-14(7-19-11)12-3-5-13(6-4-12)16-8-15(2)9-18-10-15/h3-7,16H,8-10H2,1-2H3. The average molecular weight is 274 g/mol. The molecule has 0 saturated carbocycles. The van der Waals surface area contributed by atoms with Crippen LogP contribution < -0.4 is 5.32 Å². The molecular weight excluding hydrogens is 256 g/mol. The zero-order valence-electron chi connectivity index (χ0n) is 11.3. The Morgan fingerprint density at radius 2 is 2.05 bits per heavy atom. The Morgan fingerprint density at radius 3 is 2.58 bits per heavy atom. The maximum absolute atomic E-state index is 5.26. The van der Waals surface area contributed by atoms with Crippen molar-refractivity contribution in [3.8, 4) is 11.3 Å². The Hall–Kier alpha value is -1.39. The van der Waals surface area contributed by atoms with Gasteiger partial charge in [0.15, 0.2) is 0 Å². The van der Waals surface area contributed by atoms with E-state index in [0.717, 1.165) is 36.1 Å². The van der Waals surface area contributed by atoms with Crippen molar-refractivity contribution in [2.75, 3.05) is 25.1 Å². The van der Waals surface area contributed by atoms with Gasteiger partial charge in [-0.05, 0) is 19.1 Å². The molecule has 100 valence electrons. The van der Waals surface area contributed by atoms with Crippen LogP contribution in [0.15, 0.2) is 29.6 Å². The highest BCUT2D eigenvalue weighted by Crippen LogP contribution is 2.27. The third-order valence-electron chi connectivity index (χ3n) is 3.42. The molecule has 0 spiro atoms. The molecule has 2 heterocycles. The molecule has 1 aliphatic heterocycles. The lowest BCUT2D eigenvalue weighted by Gasteiger charge is -2.38. The van der Waals surface area contributed by atoms with E-state index in [0.29, 0.717) is 5.41 Å². The maximum Gasteiger partial charge on any atom is 0.0901 e. The van der Waals surface area contributed by atoms with Crippen molar-refractivity contribution in [3.63, 3.8) is 0 Å². The van der Waals surface area contributed by atoms with E-state index in [2.05, 4.69) is 46.9 Å². The summed E-state index contributed by atoms with van der Waals surface area (Å²) >= 11 is 1.69. The van der Waals surface area contributed by atoms with Gasteiger partial charge in [-0.15, -0.1) is 11.3 Å². The molecule has 4 heteroatoms. The number of nitrogens with one attached hydrogen (secondary N) is 1. The van der Waals surface area contributed by atoms with Crippen molar-refractivity contribution >= 4 is 17.0 Å². The minimum absolute atomic E-state index is 0.296. The van der Waals surface area contributed by atoms with Crippen molar-refractivity contribution in [2.45, 2.75) is 13.8 Å². The van der Waals surface area contributed by atoms with Crippen molar-refractivity contribution < 1.29 is 4.74 Å². The van der Waals surface area contributed by atoms with E-state index in [1.165, 1.54) is 5.56 Å². The van der Waals surface area contributed by atoms with Crippen LogP contribution in [-0.4, -0.2) is 24.7 Å². The van der Waals surface area contributed by atoms with E-state index in [-0.39, 0.29) is 0 Å². The number of ether oxygens (including phenoxy) is 1. The molecule has 1 saturated heterocycles. The normalized spacial score (nSPS) is 16.9. The third-order valence-corrected chi connectivity index (χ3v) is 4.19. The summed E-state index contributed by atoms with van der Waals surface area (Å²) in [6.45, 7) is 6.95. The highest BCUT2D eigenvalue weighted by molar-refractivity contribution is 7.09. The number of hydrogen-bond donors (Lipinski definition) is 1. The number of nitrogens with zero attached hydrogens (tertiary/aromatic N) is 1. The van der Waals surface area contributed by atoms with Gasteiger partial charge < -0.3 is 10.1 Å². The van der Waals surface area contributed by atoms with Crippen LogP contribution in [0.25, 0.3) is 11.3 Å². The van der Waals surface area contributed by atoms with Gasteiger partial charge in [0.1, 0.15) is 0 Å². The fraction of sp³-hybridized carbons (Fsp3) is 0.400. The van der Waals surface area contributed by atoms with Crippen molar-refractivity contribution in [1.82, 2.24) is 4.98 Å². The molecule has 1 aromatic carbocycles. The molecule has 0 aliphatic carbocycles. The highest BCUT2D eigenvalue weighted by atomic mass is 32.1. The summed E-state index contributed by atoms with van der Waals surface area (Å²) in [6.07, 6.45) is 0. The molecule has 1 aromatic heterocycles. The molecule has 1 fully saturated rings. The summed E-state index contributed by atoms with van der Waals surface area (Å²) < 4.78 is 5.26. The average Bonchev–Trinajstić information content (AvgIpc) is 2.81. The van der Waals surface area contributed by atoms with Crippen LogP contribution in [-0.2, 0) is 4.74 Å². The lowest BCUT2D eigenvalue weighted by molar-refractivity contribution is -0.0924. The third kappa shape index (κ3) is 2.80. The van der Waals surface area contributed by atoms with Crippen LogP contribution >= 0.6 is 11.3 Å². The zero-order valence-corrected chi connectivity index (χ0v) is 12.1. The number of rotatable bonds is 4. The summed E-state index contributed by atoms with van der Waals surface area (Å²) in [5, 5.41) is 6.68. The fourth-order valence-corrected chi connectivity index (χ4v) is 2.74. The van der Waals surface area contributed by atoms with Crippen LogP contribution in [0.4, 0.5) is 5.69 Å². The molecular formula is C15H18N2OS. The van der Waals surface area contributed by atoms with Crippen molar-refractivity contribution in [3.05, 3.63) is 34.7 Å². The predicted molar refractivity (Wildman–Crippen MR) is 79.7 cm³/mol. The molecule has 0 amide bonds. The first kappa shape index (κ1) is 12.6. The molecule has 0 radical (unpaired) electrons. The summed E-state index contributed by atoms with van der Waals surface area (Å²) in [6, 6.07) is 8.48. The van der Waals surface area contributed by atoms with Gasteiger partial charge in [-0.3, -0.25) is 0 Å². The van der Waals surface area contributed by atoms with Crippen molar-refractivity contribution in [1.29, 1.82) is 0 Å². The van der Waals surface area contributed by atoms with E-state index in [1.54, 1.807) is 11.3 Å². The second kappa shape index (κ2) is 4.94. The summed E-state index contributed by atoms with van der Waals surface area (Å²) in [5.74, 6) is 0. The van der Waals surface area contributed by atoms with Gasteiger partial charge in [0, 0.05) is 28.6 Å². The van der Waals surface area contributed by atoms with Gasteiger partial charge in [0.2, 0.25) is 0 Å². The van der Waals surface area contributed by atoms with Gasteiger partial charge >= 0.3 is 0 Å². The van der Waals surface area contributed by atoms with E-state index in [9.17, 15) is 0 Å². The monoisotopic (exact) mass is 274 g/mol. The van der Waals surface area contributed by atoms with E-state index in [4.69, 9.17) is 4.74 Å². The first-order valence-electron chi connectivity index (χ1n) is 6.49. The Kier molecular flexibility index (Phi) is 3.29. The van der Waals surface area contributed by atoms with Gasteiger partial charge in [-0.1, -0.05) is 19.1 Å². The van der Waals surface area contributed by atoms with Crippen LogP contribution in [0.3, 0.4) is 0 Å². The number of aromatic nitrogens is 1. The Bertz CT molecular complexity index is 558. The maximum atomic E-state index is 5.26. The number of thiazole rings is 1. The van der Waals surface area contributed by atoms with Gasteiger partial charge in [-0.25, -0.2) is 4.98 Å². The van der Waals surface area contributed by atoms with E-state index in [1.807, 2.05) is 6.92 Å². The van der Waals surface area contributed by atoms with Crippen LogP contribution in [0.1, 0.15) is 11.9 Å². The van der Waals surface area contributed by atoms with Gasteiger partial charge in [0.05, 0.1) is 23.9 Å². The van der Waals surface area contributed by atoms with Gasteiger partial charge in [-0.2, -0.15) is 0 Å². The molecule has 2 aromatic rings. The number of hydrogen-bond acceptors (Lipinski definition) is 4. The molecule has 0 atom stereocenters. The SMILES string of the molecule is Cc1nc(-c2ccc(NCC3(C)COC3)cc2)cs1. The molecule has 3 nitrogen and oxygen atoms in total. The van der Waals surface area contributed by atoms with Crippen LogP contribution in [0.5, 0.6) is 0 Å². The number of aryl methyl sites for hydroxylation is 1. The van der Waals surface area contributed by atoms with Crippen molar-refractivity contribution in [2.24, 2.45) is 5.41 Å². The summed E-state index contributed by atoms with van der Waals surface area (Å²) in [4.78, 5) is 4.50. The molecule has 19 heavy (non-hydrogen) atoms. The predicted octanol–water partition coefficient (Wildman–Crippen LogP) is 3.57. The summed E-state index contributed by atoms with van der Waals surface area (Å²) in [5.41, 5.74) is 3.69. The molecule has 1 aliphatic rings. The fourth-order valence-electron chi connectivity index (χ4n) is 2.12. The lowest BCUT2D eigenvalue weighted by Crippen LogP contribution is -2.45. The van der Waals surface area contributed by atoms with Crippen LogP contribution in [0, 0.1) is 12.3 Å². The smallest absolute Gasteiger partial charge is 0.0901 e. The molecule has 0 unspecified atom stereocenters. The van der Waals surface area contributed by atoms with E-state index < -0.39 is 0 Å². The number of benzene rings is 1. The molecule has 3 rings (SSSR count). The highest BCUT2D eigenvalue weighted by Gasteiger charge is 2.32. The molecule has 0 bridgehead atoms. The lowest BCUT2D eigenvalue weighted by atomic mass is 9.88. The van der Waals surface area contributed by atoms with Crippen LogP contribution in [0.2, 0.25) is 0 Å². The minimum atomic E-state index is 0.296. The first-order valence-corrected chi connectivity index (χ1v) is 7.37. The first-order chi connectivity index (χ1) is 9.15. The minimum Gasteiger partial charge on any atom is -0.384 e. The second-order valence-electron chi connectivity index (χ2n) is 5.49. The topological polar surface area (TPSA) is 34.2 Å². The number of anilines is 1. The summed E-state index contributed by atoms with van der Waals surface area (Å²) in [7, 11) is 0. The second-order valence-corrected chi connectivity index (χ2v) is 6.55. The quantitative estimate of drug-likeness (QED) is 0.925. The van der Waals surface area contributed by atoms with Gasteiger partial charge in [0.25, 0.3) is 0 Å². The Labute approximate surface area is 117 Å². The molecule has 1 N–H and O–H groups in total. The Balaban J connectivity index is 1.65.